The molecule has 6 nitrogen and oxygen atoms in total. The van der Waals surface area contributed by atoms with Crippen molar-refractivity contribution in [1.82, 2.24) is 9.97 Å². The van der Waals surface area contributed by atoms with Crippen LogP contribution in [0.15, 0.2) is 6.07 Å². The van der Waals surface area contributed by atoms with Gasteiger partial charge in [0.05, 0.1) is 13.0 Å². The van der Waals surface area contributed by atoms with Crippen molar-refractivity contribution in [1.29, 1.82) is 0 Å². The lowest BCUT2D eigenvalue weighted by molar-refractivity contribution is -0.136. The summed E-state index contributed by atoms with van der Waals surface area (Å²) in [4.78, 5) is 21.5. The molecule has 0 atom stereocenters. The molecular formula is C13H19N3O3. The molecule has 0 saturated heterocycles. The first-order chi connectivity index (χ1) is 9.10. The number of aromatic nitrogens is 2. The van der Waals surface area contributed by atoms with E-state index >= 15 is 0 Å². The van der Waals surface area contributed by atoms with Gasteiger partial charge in [-0.3, -0.25) is 4.79 Å². The maximum Gasteiger partial charge on any atom is 0.305 e. The van der Waals surface area contributed by atoms with E-state index in [0.717, 1.165) is 18.5 Å². The number of nitrogens with zero attached hydrogens (tertiary/aromatic N) is 3. The maximum absolute atomic E-state index is 10.7. The minimum Gasteiger partial charge on any atom is -0.481 e. The normalized spacial score (nSPS) is 14.2. The zero-order valence-corrected chi connectivity index (χ0v) is 11.3. The number of hydrogen-bond acceptors (Lipinski definition) is 5. The van der Waals surface area contributed by atoms with Crippen molar-refractivity contribution in [2.24, 2.45) is 0 Å². The molecule has 0 amide bonds. The van der Waals surface area contributed by atoms with Gasteiger partial charge in [-0.25, -0.2) is 4.98 Å². The van der Waals surface area contributed by atoms with Crippen molar-refractivity contribution in [3.8, 4) is 5.88 Å². The highest BCUT2D eigenvalue weighted by Gasteiger charge is 2.31. The molecule has 0 aliphatic heterocycles. The van der Waals surface area contributed by atoms with Gasteiger partial charge < -0.3 is 14.7 Å². The predicted octanol–water partition coefficient (Wildman–Crippen LogP) is 1.63. The second kappa shape index (κ2) is 5.86. The lowest BCUT2D eigenvalue weighted by Crippen LogP contribution is -2.30. The average molecular weight is 265 g/mol. The van der Waals surface area contributed by atoms with Gasteiger partial charge >= 0.3 is 5.97 Å². The third-order valence-electron chi connectivity index (χ3n) is 2.92. The first-order valence-corrected chi connectivity index (χ1v) is 6.57. The van der Waals surface area contributed by atoms with Crippen LogP contribution >= 0.6 is 0 Å². The van der Waals surface area contributed by atoms with Crippen LogP contribution in [0.5, 0.6) is 5.88 Å². The van der Waals surface area contributed by atoms with Gasteiger partial charge in [0.25, 0.3) is 0 Å². The van der Waals surface area contributed by atoms with Gasteiger partial charge in [0.2, 0.25) is 11.8 Å². The summed E-state index contributed by atoms with van der Waals surface area (Å²) in [5.74, 6) is 0.321. The van der Waals surface area contributed by atoms with Crippen LogP contribution in [0.4, 0.5) is 5.95 Å². The summed E-state index contributed by atoms with van der Waals surface area (Å²) in [6.07, 6.45) is 2.24. The molecule has 1 aromatic heterocycles. The van der Waals surface area contributed by atoms with Gasteiger partial charge in [-0.1, -0.05) is 0 Å². The fourth-order valence-corrected chi connectivity index (χ4v) is 1.92. The number of carbonyl (C=O) groups is 1. The van der Waals surface area contributed by atoms with Crippen LogP contribution in [0.2, 0.25) is 0 Å². The van der Waals surface area contributed by atoms with Crippen molar-refractivity contribution in [2.45, 2.75) is 39.2 Å². The van der Waals surface area contributed by atoms with Crippen LogP contribution < -0.4 is 9.64 Å². The SMILES string of the molecule is CCOc1cc(C)nc(N(CCC(=O)O)C2CC2)n1. The van der Waals surface area contributed by atoms with Crippen molar-refractivity contribution in [3.63, 3.8) is 0 Å². The third-order valence-corrected chi connectivity index (χ3v) is 2.92. The molecule has 0 bridgehead atoms. The molecule has 0 radical (unpaired) electrons. The van der Waals surface area contributed by atoms with E-state index in [9.17, 15) is 4.79 Å². The molecular weight excluding hydrogens is 246 g/mol. The number of aryl methyl sites for hydroxylation is 1. The van der Waals surface area contributed by atoms with Gasteiger partial charge in [0, 0.05) is 24.3 Å². The van der Waals surface area contributed by atoms with Crippen molar-refractivity contribution in [3.05, 3.63) is 11.8 Å². The number of carboxylic acids is 1. The van der Waals surface area contributed by atoms with E-state index in [-0.39, 0.29) is 6.42 Å². The molecule has 1 aliphatic carbocycles. The van der Waals surface area contributed by atoms with Crippen molar-refractivity contribution in [2.75, 3.05) is 18.1 Å². The van der Waals surface area contributed by atoms with Gasteiger partial charge in [-0.15, -0.1) is 0 Å². The Hall–Kier alpha value is -1.85. The zero-order valence-electron chi connectivity index (χ0n) is 11.3. The second-order valence-corrected chi connectivity index (χ2v) is 4.65. The Morgan fingerprint density at radius 1 is 1.53 bits per heavy atom. The molecule has 1 aliphatic rings. The number of carboxylic acid groups (broad SMARTS) is 1. The summed E-state index contributed by atoms with van der Waals surface area (Å²) >= 11 is 0. The van der Waals surface area contributed by atoms with Gasteiger partial charge in [-0.2, -0.15) is 4.98 Å². The molecule has 1 saturated carbocycles. The van der Waals surface area contributed by atoms with E-state index in [0.29, 0.717) is 31.0 Å². The van der Waals surface area contributed by atoms with Crippen molar-refractivity contribution >= 4 is 11.9 Å². The molecule has 0 spiro atoms. The van der Waals surface area contributed by atoms with E-state index in [1.54, 1.807) is 6.07 Å². The van der Waals surface area contributed by atoms with Crippen LogP contribution in [-0.4, -0.2) is 40.2 Å². The van der Waals surface area contributed by atoms with Crippen LogP contribution in [0.25, 0.3) is 0 Å². The summed E-state index contributed by atoms with van der Waals surface area (Å²) in [5, 5.41) is 8.81. The Balaban J connectivity index is 2.17. The molecule has 1 aromatic rings. The Labute approximate surface area is 112 Å². The molecule has 1 heterocycles. The van der Waals surface area contributed by atoms with Gasteiger partial charge in [0.1, 0.15) is 0 Å². The molecule has 1 fully saturated rings. The topological polar surface area (TPSA) is 75.5 Å². The molecule has 104 valence electrons. The number of aliphatic carboxylic acids is 1. The van der Waals surface area contributed by atoms with Crippen LogP contribution in [-0.2, 0) is 4.79 Å². The second-order valence-electron chi connectivity index (χ2n) is 4.65. The zero-order chi connectivity index (χ0) is 13.8. The van der Waals surface area contributed by atoms with E-state index < -0.39 is 5.97 Å². The Kier molecular flexibility index (Phi) is 4.19. The van der Waals surface area contributed by atoms with E-state index in [1.165, 1.54) is 0 Å². The summed E-state index contributed by atoms with van der Waals surface area (Å²) in [5.41, 5.74) is 0.828. The van der Waals surface area contributed by atoms with Crippen LogP contribution in [0.1, 0.15) is 31.9 Å². The van der Waals surface area contributed by atoms with Gasteiger partial charge in [-0.05, 0) is 26.7 Å². The number of hydrogen-bond donors (Lipinski definition) is 1. The Morgan fingerprint density at radius 2 is 2.26 bits per heavy atom. The number of ether oxygens (including phenoxy) is 1. The molecule has 19 heavy (non-hydrogen) atoms. The minimum absolute atomic E-state index is 0.0950. The fraction of sp³-hybridized carbons (Fsp3) is 0.615. The van der Waals surface area contributed by atoms with E-state index in [4.69, 9.17) is 9.84 Å². The van der Waals surface area contributed by atoms with E-state index in [2.05, 4.69) is 9.97 Å². The summed E-state index contributed by atoms with van der Waals surface area (Å²) in [6, 6.07) is 2.16. The quantitative estimate of drug-likeness (QED) is 0.807. The van der Waals surface area contributed by atoms with Crippen LogP contribution in [0.3, 0.4) is 0 Å². The summed E-state index contributed by atoms with van der Waals surface area (Å²) in [7, 11) is 0. The molecule has 6 heteroatoms. The first-order valence-electron chi connectivity index (χ1n) is 6.57. The largest absolute Gasteiger partial charge is 0.481 e. The third kappa shape index (κ3) is 3.81. The number of rotatable bonds is 7. The summed E-state index contributed by atoms with van der Waals surface area (Å²) in [6.45, 7) is 4.78. The lowest BCUT2D eigenvalue weighted by Gasteiger charge is -2.22. The number of anilines is 1. The molecule has 2 rings (SSSR count). The van der Waals surface area contributed by atoms with Crippen LogP contribution in [0, 0.1) is 6.92 Å². The summed E-state index contributed by atoms with van der Waals surface area (Å²) < 4.78 is 5.41. The highest BCUT2D eigenvalue weighted by Crippen LogP contribution is 2.30. The molecule has 0 unspecified atom stereocenters. The highest BCUT2D eigenvalue weighted by atomic mass is 16.5. The average Bonchev–Trinajstić information content (AvgIpc) is 3.13. The monoisotopic (exact) mass is 265 g/mol. The molecule has 0 aromatic carbocycles. The Morgan fingerprint density at radius 3 is 2.84 bits per heavy atom. The highest BCUT2D eigenvalue weighted by molar-refractivity contribution is 5.67. The minimum atomic E-state index is -0.802. The smallest absolute Gasteiger partial charge is 0.305 e. The predicted molar refractivity (Wildman–Crippen MR) is 70.6 cm³/mol. The van der Waals surface area contributed by atoms with E-state index in [1.807, 2.05) is 18.7 Å². The maximum atomic E-state index is 10.7. The fourth-order valence-electron chi connectivity index (χ4n) is 1.92. The standard InChI is InChI=1S/C13H19N3O3/c1-3-19-11-8-9(2)14-13(15-11)16(10-4-5-10)7-6-12(17)18/h8,10H,3-7H2,1-2H3,(H,17,18). The lowest BCUT2D eigenvalue weighted by atomic mass is 10.3. The Bertz CT molecular complexity index is 460. The first kappa shape index (κ1) is 13.6. The van der Waals surface area contributed by atoms with Crippen molar-refractivity contribution < 1.29 is 14.6 Å². The molecule has 1 N–H and O–H groups in total. The van der Waals surface area contributed by atoms with Gasteiger partial charge in [0.15, 0.2) is 0 Å².